The number of H-pyrrole nitrogens is 1. The molecule has 46 heavy (non-hydrogen) atoms. The molecule has 0 radical (unpaired) electrons. The molecular weight excluding hydrogens is 588 g/mol. The first kappa shape index (κ1) is 32.0. The average molecular weight is 627 g/mol. The molecular formula is C33H38N8O5. The molecule has 0 spiro atoms. The Morgan fingerprint density at radius 1 is 1.04 bits per heavy atom. The first-order valence-corrected chi connectivity index (χ1v) is 14.6. The van der Waals surface area contributed by atoms with Gasteiger partial charge in [-0.05, 0) is 44.4 Å². The fourth-order valence-electron chi connectivity index (χ4n) is 4.72. The second kappa shape index (κ2) is 14.6. The highest BCUT2D eigenvalue weighted by molar-refractivity contribution is 6.02. The standard InChI is InChI=1S/C33H38N8O5/c1-7-29(42)35-24-19-25(28(44-6)20-26(24)41(4)14-13-40(2)3)37-32-34-12-10-23(36-32)31-30(38-33(39-31)46-17-16-43-5)22-9-8-21-11-15-45-27(21)18-22/h7-12,15,18-20H,1,13-14,16-17H2,2-6H3,(H,35,42)(H,38,39)(H,34,36,37). The maximum absolute atomic E-state index is 12.4. The highest BCUT2D eigenvalue weighted by atomic mass is 16.5. The molecule has 3 heterocycles. The second-order valence-electron chi connectivity index (χ2n) is 10.7. The lowest BCUT2D eigenvalue weighted by atomic mass is 10.1. The Hall–Kier alpha value is -5.40. The van der Waals surface area contributed by atoms with Crippen LogP contribution in [0.15, 0.2) is 72.0 Å². The van der Waals surface area contributed by atoms with E-state index in [-0.39, 0.29) is 5.91 Å². The van der Waals surface area contributed by atoms with Gasteiger partial charge in [-0.2, -0.15) is 4.98 Å². The van der Waals surface area contributed by atoms with Crippen LogP contribution in [0, 0.1) is 0 Å². The Balaban J connectivity index is 1.51. The van der Waals surface area contributed by atoms with Crippen molar-refractivity contribution in [3.05, 3.63) is 67.6 Å². The first-order valence-electron chi connectivity index (χ1n) is 14.6. The minimum absolute atomic E-state index is 0.300. The molecule has 0 saturated heterocycles. The van der Waals surface area contributed by atoms with Crippen LogP contribution in [0.1, 0.15) is 0 Å². The summed E-state index contributed by atoms with van der Waals surface area (Å²) in [6, 6.07) is 13.5. The van der Waals surface area contributed by atoms with E-state index in [0.29, 0.717) is 59.4 Å². The first-order chi connectivity index (χ1) is 22.3. The molecule has 1 amide bonds. The molecule has 0 aliphatic heterocycles. The summed E-state index contributed by atoms with van der Waals surface area (Å²) in [5.74, 6) is 0.508. The van der Waals surface area contributed by atoms with E-state index >= 15 is 0 Å². The van der Waals surface area contributed by atoms with Crippen molar-refractivity contribution in [1.29, 1.82) is 0 Å². The van der Waals surface area contributed by atoms with Gasteiger partial charge >= 0.3 is 0 Å². The number of nitrogens with one attached hydrogen (secondary N) is 3. The number of anilines is 4. The van der Waals surface area contributed by atoms with E-state index in [2.05, 4.69) is 32.1 Å². The molecule has 3 aromatic heterocycles. The van der Waals surface area contributed by atoms with Crippen molar-refractivity contribution in [2.24, 2.45) is 0 Å². The summed E-state index contributed by atoms with van der Waals surface area (Å²) in [4.78, 5) is 33.8. The third-order valence-electron chi connectivity index (χ3n) is 7.15. The van der Waals surface area contributed by atoms with Gasteiger partial charge in [-0.15, -0.1) is 0 Å². The number of aromatic amines is 1. The lowest BCUT2D eigenvalue weighted by Crippen LogP contribution is -2.29. The number of aromatic nitrogens is 4. The van der Waals surface area contributed by atoms with E-state index in [4.69, 9.17) is 28.6 Å². The predicted octanol–water partition coefficient (Wildman–Crippen LogP) is 5.18. The van der Waals surface area contributed by atoms with Gasteiger partial charge in [-0.1, -0.05) is 18.7 Å². The van der Waals surface area contributed by atoms with Gasteiger partial charge in [-0.25, -0.2) is 9.97 Å². The van der Waals surface area contributed by atoms with E-state index in [9.17, 15) is 4.79 Å². The zero-order valence-electron chi connectivity index (χ0n) is 26.6. The fourth-order valence-corrected chi connectivity index (χ4v) is 4.72. The van der Waals surface area contributed by atoms with Gasteiger partial charge in [0.1, 0.15) is 23.6 Å². The number of hydrogen-bond donors (Lipinski definition) is 3. The van der Waals surface area contributed by atoms with Gasteiger partial charge < -0.3 is 44.0 Å². The second-order valence-corrected chi connectivity index (χ2v) is 10.7. The van der Waals surface area contributed by atoms with Crippen LogP contribution in [-0.2, 0) is 9.53 Å². The molecule has 0 unspecified atom stereocenters. The SMILES string of the molecule is C=CC(=O)Nc1cc(Nc2nccc(-c3[nH]c(OCCOC)nc3-c3ccc4ccoc4c3)n2)c(OC)cc1N(C)CCN(C)C. The molecule has 3 N–H and O–H groups in total. The predicted molar refractivity (Wildman–Crippen MR) is 179 cm³/mol. The number of rotatable bonds is 15. The zero-order chi connectivity index (χ0) is 32.6. The molecule has 240 valence electrons. The Morgan fingerprint density at radius 3 is 2.65 bits per heavy atom. The summed E-state index contributed by atoms with van der Waals surface area (Å²) in [6.45, 7) is 5.87. The number of benzene rings is 2. The van der Waals surface area contributed by atoms with E-state index < -0.39 is 0 Å². The van der Waals surface area contributed by atoms with Gasteiger partial charge in [0, 0.05) is 50.5 Å². The number of nitrogens with zero attached hydrogens (tertiary/aromatic N) is 5. The maximum atomic E-state index is 12.4. The molecule has 13 nitrogen and oxygen atoms in total. The largest absolute Gasteiger partial charge is 0.494 e. The monoisotopic (exact) mass is 626 g/mol. The number of hydrogen-bond acceptors (Lipinski definition) is 11. The van der Waals surface area contributed by atoms with Crippen LogP contribution in [0.2, 0.25) is 0 Å². The highest BCUT2D eigenvalue weighted by Crippen LogP contribution is 2.38. The molecule has 0 atom stereocenters. The van der Waals surface area contributed by atoms with Gasteiger partial charge in [0.2, 0.25) is 11.9 Å². The normalized spacial score (nSPS) is 11.1. The number of carbonyl (C=O) groups excluding carboxylic acids is 1. The van der Waals surface area contributed by atoms with Crippen molar-refractivity contribution < 1.29 is 23.4 Å². The summed E-state index contributed by atoms with van der Waals surface area (Å²) >= 11 is 0. The lowest BCUT2D eigenvalue weighted by molar-refractivity contribution is -0.111. The van der Waals surface area contributed by atoms with Crippen LogP contribution in [-0.4, -0.2) is 92.4 Å². The van der Waals surface area contributed by atoms with Crippen LogP contribution in [0.4, 0.5) is 23.0 Å². The minimum Gasteiger partial charge on any atom is -0.494 e. The van der Waals surface area contributed by atoms with Crippen molar-refractivity contribution in [2.75, 3.05) is 77.2 Å². The molecule has 13 heteroatoms. The summed E-state index contributed by atoms with van der Waals surface area (Å²) < 4.78 is 22.3. The number of amides is 1. The number of imidazole rings is 1. The van der Waals surface area contributed by atoms with Crippen LogP contribution in [0.25, 0.3) is 33.6 Å². The van der Waals surface area contributed by atoms with Crippen LogP contribution in [0.3, 0.4) is 0 Å². The summed E-state index contributed by atoms with van der Waals surface area (Å²) in [5.41, 5.74) is 5.31. The number of ether oxygens (including phenoxy) is 3. The van der Waals surface area contributed by atoms with E-state index in [1.807, 2.05) is 56.4 Å². The van der Waals surface area contributed by atoms with Crippen molar-refractivity contribution in [2.45, 2.75) is 0 Å². The molecule has 0 saturated carbocycles. The molecule has 5 aromatic rings. The van der Waals surface area contributed by atoms with E-state index in [1.54, 1.807) is 38.8 Å². The summed E-state index contributed by atoms with van der Waals surface area (Å²) in [7, 11) is 9.17. The number of fused-ring (bicyclic) bond motifs is 1. The summed E-state index contributed by atoms with van der Waals surface area (Å²) in [5, 5.41) is 7.16. The van der Waals surface area contributed by atoms with E-state index in [1.165, 1.54) is 6.08 Å². The topological polar surface area (TPSA) is 143 Å². The smallest absolute Gasteiger partial charge is 0.294 e. The average Bonchev–Trinajstić information content (AvgIpc) is 3.71. The van der Waals surface area contributed by atoms with Crippen LogP contribution < -0.4 is 25.0 Å². The molecule has 5 rings (SSSR count). The fraction of sp³-hybridized carbons (Fsp3) is 0.273. The Morgan fingerprint density at radius 2 is 1.89 bits per heavy atom. The van der Waals surface area contributed by atoms with Gasteiger partial charge in [0.25, 0.3) is 6.01 Å². The number of furan rings is 1. The number of methoxy groups -OCH3 is 2. The van der Waals surface area contributed by atoms with Crippen molar-refractivity contribution in [1.82, 2.24) is 24.8 Å². The quantitative estimate of drug-likeness (QED) is 0.104. The zero-order valence-corrected chi connectivity index (χ0v) is 26.6. The van der Waals surface area contributed by atoms with E-state index in [0.717, 1.165) is 35.3 Å². The van der Waals surface area contributed by atoms with Crippen molar-refractivity contribution >= 4 is 39.9 Å². The van der Waals surface area contributed by atoms with Gasteiger partial charge in [-0.3, -0.25) is 4.79 Å². The highest BCUT2D eigenvalue weighted by Gasteiger charge is 2.20. The van der Waals surface area contributed by atoms with Gasteiger partial charge in [0.15, 0.2) is 0 Å². The third kappa shape index (κ3) is 7.45. The number of likely N-dealkylation sites (N-methyl/N-ethyl adjacent to an activating group) is 2. The lowest BCUT2D eigenvalue weighted by Gasteiger charge is -2.26. The minimum atomic E-state index is -0.334. The molecule has 0 bridgehead atoms. The summed E-state index contributed by atoms with van der Waals surface area (Å²) in [6.07, 6.45) is 4.53. The van der Waals surface area contributed by atoms with Crippen molar-refractivity contribution in [3.63, 3.8) is 0 Å². The molecule has 0 fully saturated rings. The molecule has 0 aliphatic rings. The Bertz CT molecular complexity index is 1820. The molecule has 2 aromatic carbocycles. The van der Waals surface area contributed by atoms with Crippen LogP contribution >= 0.6 is 0 Å². The third-order valence-corrected chi connectivity index (χ3v) is 7.15. The Labute approximate surface area is 267 Å². The van der Waals surface area contributed by atoms with Gasteiger partial charge in [0.05, 0.1) is 48.4 Å². The molecule has 0 aliphatic carbocycles. The van der Waals surface area contributed by atoms with Crippen LogP contribution in [0.5, 0.6) is 11.8 Å². The van der Waals surface area contributed by atoms with Crippen molar-refractivity contribution in [3.8, 4) is 34.4 Å². The Kier molecular flexibility index (Phi) is 10.1. The maximum Gasteiger partial charge on any atom is 0.294 e. The number of carbonyl (C=O) groups is 1.